The Labute approximate surface area is 79.4 Å². The number of ether oxygens (including phenoxy) is 1. The lowest BCUT2D eigenvalue weighted by atomic mass is 10.4. The first-order valence-electron chi connectivity index (χ1n) is 3.38. The average molecular weight is 229 g/mol. The van der Waals surface area contributed by atoms with Crippen LogP contribution in [0.1, 0.15) is 0 Å². The Kier molecular flexibility index (Phi) is 3.10. The van der Waals surface area contributed by atoms with Gasteiger partial charge in [-0.1, -0.05) is 12.7 Å². The summed E-state index contributed by atoms with van der Waals surface area (Å²) in [5.74, 6) is 0.443. The maximum atomic E-state index is 5.61. The van der Waals surface area contributed by atoms with Crippen LogP contribution in [-0.2, 0) is 0 Å². The number of hydrogen-bond acceptors (Lipinski definition) is 3. The second-order valence-corrected chi connectivity index (χ2v) is 3.06. The minimum absolute atomic E-state index is 0.416. The Morgan fingerprint density at radius 3 is 3.08 bits per heavy atom. The highest BCUT2D eigenvalue weighted by molar-refractivity contribution is 9.10. The maximum Gasteiger partial charge on any atom is 0.237 e. The topological polar surface area (TPSA) is 48.1 Å². The third-order valence-electron chi connectivity index (χ3n) is 1.18. The highest BCUT2D eigenvalue weighted by Crippen LogP contribution is 2.21. The first kappa shape index (κ1) is 9.06. The fourth-order valence-corrected chi connectivity index (χ4v) is 1.05. The number of nitrogen functional groups attached to an aromatic ring is 1. The number of nitrogens with zero attached hydrogens (tertiary/aromatic N) is 1. The molecule has 0 aliphatic rings. The van der Waals surface area contributed by atoms with Crippen LogP contribution in [0.15, 0.2) is 29.4 Å². The molecule has 0 atom stereocenters. The van der Waals surface area contributed by atoms with E-state index >= 15 is 0 Å². The molecule has 3 nitrogen and oxygen atoms in total. The molecule has 0 spiro atoms. The van der Waals surface area contributed by atoms with E-state index in [1.165, 1.54) is 0 Å². The van der Waals surface area contributed by atoms with E-state index in [9.17, 15) is 0 Å². The first-order valence-corrected chi connectivity index (χ1v) is 4.18. The monoisotopic (exact) mass is 228 g/mol. The molecule has 0 aromatic carbocycles. The Morgan fingerprint density at radius 1 is 1.75 bits per heavy atom. The third kappa shape index (κ3) is 2.23. The Morgan fingerprint density at radius 2 is 2.50 bits per heavy atom. The van der Waals surface area contributed by atoms with Gasteiger partial charge < -0.3 is 10.5 Å². The van der Waals surface area contributed by atoms with Gasteiger partial charge in [-0.25, -0.2) is 4.98 Å². The molecule has 0 radical (unpaired) electrons. The third-order valence-corrected chi connectivity index (χ3v) is 1.62. The molecule has 0 amide bonds. The van der Waals surface area contributed by atoms with Crippen molar-refractivity contribution in [1.29, 1.82) is 0 Å². The molecule has 1 rings (SSSR count). The first-order chi connectivity index (χ1) is 5.74. The van der Waals surface area contributed by atoms with Gasteiger partial charge in [0.1, 0.15) is 6.61 Å². The molecule has 0 saturated heterocycles. The minimum atomic E-state index is 0.416. The lowest BCUT2D eigenvalue weighted by molar-refractivity contribution is 0.351. The van der Waals surface area contributed by atoms with Gasteiger partial charge in [-0.2, -0.15) is 0 Å². The molecule has 4 heteroatoms. The lowest BCUT2D eigenvalue weighted by Gasteiger charge is -2.04. The Bertz CT molecular complexity index is 288. The van der Waals surface area contributed by atoms with Crippen molar-refractivity contribution in [2.75, 3.05) is 12.3 Å². The molecule has 1 aromatic heterocycles. The lowest BCUT2D eigenvalue weighted by Crippen LogP contribution is -1.99. The van der Waals surface area contributed by atoms with Gasteiger partial charge in [0.15, 0.2) is 0 Å². The maximum absolute atomic E-state index is 5.61. The van der Waals surface area contributed by atoms with E-state index < -0.39 is 0 Å². The van der Waals surface area contributed by atoms with E-state index in [1.807, 2.05) is 0 Å². The quantitative estimate of drug-likeness (QED) is 0.806. The van der Waals surface area contributed by atoms with Gasteiger partial charge in [0.25, 0.3) is 0 Å². The molecule has 1 heterocycles. The zero-order valence-electron chi connectivity index (χ0n) is 6.46. The van der Waals surface area contributed by atoms with Crippen LogP contribution in [-0.4, -0.2) is 11.6 Å². The summed E-state index contributed by atoms with van der Waals surface area (Å²) in [6.07, 6.45) is 3.28. The second-order valence-electron chi connectivity index (χ2n) is 2.15. The van der Waals surface area contributed by atoms with E-state index in [-0.39, 0.29) is 0 Å². The Balaban J connectivity index is 2.78. The van der Waals surface area contributed by atoms with Gasteiger partial charge in [0.05, 0.1) is 5.69 Å². The molecular formula is C8H9BrN2O. The molecule has 0 saturated carbocycles. The molecular weight excluding hydrogens is 220 g/mol. The minimum Gasteiger partial charge on any atom is -0.472 e. The average Bonchev–Trinajstić information content (AvgIpc) is 2.03. The summed E-state index contributed by atoms with van der Waals surface area (Å²) in [5, 5.41) is 0. The molecule has 0 fully saturated rings. The summed E-state index contributed by atoms with van der Waals surface area (Å²) >= 11 is 3.25. The van der Waals surface area contributed by atoms with Crippen molar-refractivity contribution < 1.29 is 4.74 Å². The van der Waals surface area contributed by atoms with Gasteiger partial charge in [-0.05, 0) is 22.0 Å². The SMILES string of the molecule is C=CCOc1ncc(Br)cc1N. The summed E-state index contributed by atoms with van der Waals surface area (Å²) in [6, 6.07) is 1.74. The molecule has 0 bridgehead atoms. The number of halogens is 1. The summed E-state index contributed by atoms with van der Waals surface area (Å²) in [4.78, 5) is 3.97. The van der Waals surface area contributed by atoms with Crippen LogP contribution in [0.3, 0.4) is 0 Å². The highest BCUT2D eigenvalue weighted by atomic mass is 79.9. The van der Waals surface area contributed by atoms with Crippen molar-refractivity contribution in [2.24, 2.45) is 0 Å². The van der Waals surface area contributed by atoms with Gasteiger partial charge in [-0.3, -0.25) is 0 Å². The Hall–Kier alpha value is -1.03. The molecule has 2 N–H and O–H groups in total. The van der Waals surface area contributed by atoms with Crippen molar-refractivity contribution in [2.45, 2.75) is 0 Å². The number of hydrogen-bond donors (Lipinski definition) is 1. The molecule has 0 aliphatic heterocycles. The van der Waals surface area contributed by atoms with E-state index in [0.717, 1.165) is 4.47 Å². The van der Waals surface area contributed by atoms with Crippen LogP contribution < -0.4 is 10.5 Å². The molecule has 12 heavy (non-hydrogen) atoms. The predicted molar refractivity (Wildman–Crippen MR) is 52.0 cm³/mol. The normalized spacial score (nSPS) is 9.42. The van der Waals surface area contributed by atoms with E-state index in [0.29, 0.717) is 18.2 Å². The van der Waals surface area contributed by atoms with Gasteiger partial charge in [0, 0.05) is 10.7 Å². The molecule has 64 valence electrons. The van der Waals surface area contributed by atoms with Crippen LogP contribution in [0.4, 0.5) is 5.69 Å². The van der Waals surface area contributed by atoms with E-state index in [2.05, 4.69) is 27.5 Å². The fraction of sp³-hybridized carbons (Fsp3) is 0.125. The van der Waals surface area contributed by atoms with Crippen molar-refractivity contribution in [1.82, 2.24) is 4.98 Å². The van der Waals surface area contributed by atoms with Crippen LogP contribution in [0, 0.1) is 0 Å². The molecule has 0 aliphatic carbocycles. The van der Waals surface area contributed by atoms with Crippen molar-refractivity contribution in [3.8, 4) is 5.88 Å². The highest BCUT2D eigenvalue weighted by Gasteiger charge is 2.00. The van der Waals surface area contributed by atoms with Crippen LogP contribution in [0.5, 0.6) is 5.88 Å². The zero-order valence-corrected chi connectivity index (χ0v) is 8.04. The van der Waals surface area contributed by atoms with E-state index in [1.54, 1.807) is 18.3 Å². The number of pyridine rings is 1. The zero-order chi connectivity index (χ0) is 8.97. The second kappa shape index (κ2) is 4.11. The smallest absolute Gasteiger partial charge is 0.237 e. The van der Waals surface area contributed by atoms with Crippen LogP contribution in [0.25, 0.3) is 0 Å². The largest absolute Gasteiger partial charge is 0.472 e. The van der Waals surface area contributed by atoms with Gasteiger partial charge >= 0.3 is 0 Å². The van der Waals surface area contributed by atoms with Crippen molar-refractivity contribution in [3.05, 3.63) is 29.4 Å². The standard InChI is InChI=1S/C8H9BrN2O/c1-2-3-12-8-7(10)4-6(9)5-11-8/h2,4-5H,1,3,10H2. The van der Waals surface area contributed by atoms with Gasteiger partial charge in [0.2, 0.25) is 5.88 Å². The summed E-state index contributed by atoms with van der Waals surface area (Å²) in [7, 11) is 0. The molecule has 1 aromatic rings. The van der Waals surface area contributed by atoms with Crippen LogP contribution >= 0.6 is 15.9 Å². The van der Waals surface area contributed by atoms with Crippen molar-refractivity contribution >= 4 is 21.6 Å². The molecule has 0 unspecified atom stereocenters. The van der Waals surface area contributed by atoms with Gasteiger partial charge in [-0.15, -0.1) is 0 Å². The van der Waals surface area contributed by atoms with Crippen LogP contribution in [0.2, 0.25) is 0 Å². The predicted octanol–water partition coefficient (Wildman–Crippen LogP) is 1.99. The van der Waals surface area contributed by atoms with Crippen molar-refractivity contribution in [3.63, 3.8) is 0 Å². The number of anilines is 1. The summed E-state index contributed by atoms with van der Waals surface area (Å²) < 4.78 is 6.00. The number of aromatic nitrogens is 1. The number of rotatable bonds is 3. The summed E-state index contributed by atoms with van der Waals surface area (Å²) in [6.45, 7) is 3.94. The summed E-state index contributed by atoms with van der Waals surface area (Å²) in [5.41, 5.74) is 6.13. The fourth-order valence-electron chi connectivity index (χ4n) is 0.701. The van der Waals surface area contributed by atoms with E-state index in [4.69, 9.17) is 10.5 Å². The number of nitrogens with two attached hydrogens (primary N) is 1.